The number of hydrogen-bond donors (Lipinski definition) is 1. The van der Waals surface area contributed by atoms with Crippen LogP contribution < -0.4 is 5.32 Å². The summed E-state index contributed by atoms with van der Waals surface area (Å²) in [4.78, 5) is 0. The molecule has 0 saturated carbocycles. The van der Waals surface area contributed by atoms with E-state index in [0.717, 1.165) is 25.9 Å². The van der Waals surface area contributed by atoms with Crippen molar-refractivity contribution in [1.29, 1.82) is 0 Å². The molecule has 114 valence electrons. The molecule has 1 fully saturated rings. The highest BCUT2D eigenvalue weighted by Crippen LogP contribution is 2.19. The molecule has 0 aromatic carbocycles. The molecule has 19 heavy (non-hydrogen) atoms. The van der Waals surface area contributed by atoms with Gasteiger partial charge >= 0.3 is 0 Å². The van der Waals surface area contributed by atoms with E-state index in [1.165, 1.54) is 6.42 Å². The lowest BCUT2D eigenvalue weighted by Crippen LogP contribution is -2.28. The summed E-state index contributed by atoms with van der Waals surface area (Å²) in [5.41, 5.74) is 0. The molecule has 2 unspecified atom stereocenters. The van der Waals surface area contributed by atoms with E-state index in [-0.39, 0.29) is 6.10 Å². The summed E-state index contributed by atoms with van der Waals surface area (Å²) in [7, 11) is 1.67. The first kappa shape index (κ1) is 16.9. The van der Waals surface area contributed by atoms with Gasteiger partial charge in [0.05, 0.1) is 45.2 Å². The number of nitrogens with one attached hydrogen (secondary N) is 1. The molecular weight excluding hydrogens is 246 g/mol. The number of rotatable bonds is 12. The van der Waals surface area contributed by atoms with Gasteiger partial charge in [-0.05, 0) is 25.8 Å². The van der Waals surface area contributed by atoms with Gasteiger partial charge in [-0.3, -0.25) is 0 Å². The molecule has 0 aromatic heterocycles. The Bertz CT molecular complexity index is 204. The van der Waals surface area contributed by atoms with E-state index < -0.39 is 0 Å². The Morgan fingerprint density at radius 2 is 1.79 bits per heavy atom. The van der Waals surface area contributed by atoms with E-state index in [9.17, 15) is 0 Å². The Kier molecular flexibility index (Phi) is 10.3. The van der Waals surface area contributed by atoms with Crippen molar-refractivity contribution in [3.05, 3.63) is 0 Å². The average Bonchev–Trinajstić information content (AvgIpc) is 2.86. The normalized spacial score (nSPS) is 23.1. The minimum Gasteiger partial charge on any atom is -0.382 e. The monoisotopic (exact) mass is 275 g/mol. The summed E-state index contributed by atoms with van der Waals surface area (Å²) in [5, 5.41) is 3.40. The van der Waals surface area contributed by atoms with Crippen molar-refractivity contribution < 1.29 is 18.9 Å². The molecule has 1 heterocycles. The van der Waals surface area contributed by atoms with E-state index in [1.54, 1.807) is 7.11 Å². The Balaban J connectivity index is 1.88. The first-order valence-electron chi connectivity index (χ1n) is 7.37. The molecule has 1 aliphatic heterocycles. The molecule has 2 atom stereocenters. The van der Waals surface area contributed by atoms with Crippen molar-refractivity contribution in [1.82, 2.24) is 5.32 Å². The summed E-state index contributed by atoms with van der Waals surface area (Å²) < 4.78 is 21.7. The summed E-state index contributed by atoms with van der Waals surface area (Å²) in [6.45, 7) is 7.40. The van der Waals surface area contributed by atoms with Gasteiger partial charge in [0.1, 0.15) is 0 Å². The minimum atomic E-state index is 0.257. The van der Waals surface area contributed by atoms with Gasteiger partial charge in [0.25, 0.3) is 0 Å². The van der Waals surface area contributed by atoms with Crippen LogP contribution in [0.5, 0.6) is 0 Å². The predicted octanol–water partition coefficient (Wildman–Crippen LogP) is 1.21. The third-order valence-corrected chi connectivity index (χ3v) is 3.10. The molecule has 5 heteroatoms. The third-order valence-electron chi connectivity index (χ3n) is 3.10. The van der Waals surface area contributed by atoms with E-state index in [0.29, 0.717) is 39.1 Å². The Labute approximate surface area is 116 Å². The Morgan fingerprint density at radius 1 is 1.05 bits per heavy atom. The number of ether oxygens (including phenoxy) is 4. The van der Waals surface area contributed by atoms with E-state index in [4.69, 9.17) is 18.9 Å². The van der Waals surface area contributed by atoms with Crippen LogP contribution in [0, 0.1) is 0 Å². The second kappa shape index (κ2) is 11.6. The van der Waals surface area contributed by atoms with E-state index in [2.05, 4.69) is 12.2 Å². The van der Waals surface area contributed by atoms with Crippen LogP contribution in [0.15, 0.2) is 0 Å². The van der Waals surface area contributed by atoms with Crippen LogP contribution in [-0.2, 0) is 18.9 Å². The molecule has 5 nitrogen and oxygen atoms in total. The van der Waals surface area contributed by atoms with Gasteiger partial charge in [-0.25, -0.2) is 0 Å². The maximum atomic E-state index is 5.90. The van der Waals surface area contributed by atoms with Crippen LogP contribution >= 0.6 is 0 Å². The first-order valence-corrected chi connectivity index (χ1v) is 7.37. The molecule has 0 spiro atoms. The first-order chi connectivity index (χ1) is 9.36. The lowest BCUT2D eigenvalue weighted by Gasteiger charge is -2.14. The van der Waals surface area contributed by atoms with Crippen LogP contribution in [0.1, 0.15) is 26.2 Å². The molecular formula is C14H29NO4. The van der Waals surface area contributed by atoms with Crippen LogP contribution in [-0.4, -0.2) is 65.4 Å². The Morgan fingerprint density at radius 3 is 2.58 bits per heavy atom. The number of hydrogen-bond acceptors (Lipinski definition) is 5. The Hall–Kier alpha value is -0.200. The molecule has 0 bridgehead atoms. The zero-order chi connectivity index (χ0) is 13.8. The predicted molar refractivity (Wildman–Crippen MR) is 74.6 cm³/mol. The quantitative estimate of drug-likeness (QED) is 0.543. The molecule has 1 rings (SSSR count). The molecule has 1 aliphatic rings. The van der Waals surface area contributed by atoms with Crippen LogP contribution in [0.25, 0.3) is 0 Å². The van der Waals surface area contributed by atoms with Crippen molar-refractivity contribution in [2.45, 2.75) is 38.4 Å². The smallest absolute Gasteiger partial charge is 0.0813 e. The van der Waals surface area contributed by atoms with Gasteiger partial charge < -0.3 is 24.3 Å². The van der Waals surface area contributed by atoms with Crippen LogP contribution in [0.4, 0.5) is 0 Å². The van der Waals surface area contributed by atoms with Gasteiger partial charge in [0.15, 0.2) is 0 Å². The molecule has 1 saturated heterocycles. The summed E-state index contributed by atoms with van der Waals surface area (Å²) in [6.07, 6.45) is 4.02. The number of methoxy groups -OCH3 is 1. The molecule has 0 radical (unpaired) electrons. The van der Waals surface area contributed by atoms with Crippen molar-refractivity contribution in [3.63, 3.8) is 0 Å². The molecule has 0 aromatic rings. The highest BCUT2D eigenvalue weighted by molar-refractivity contribution is 4.75. The fourth-order valence-corrected chi connectivity index (χ4v) is 2.07. The van der Waals surface area contributed by atoms with E-state index in [1.807, 2.05) is 0 Å². The standard InChI is InChI=1S/C14H29NO4/c1-3-6-15-11-13-4-5-14(19-13)12-18-10-9-17-8-7-16-2/h13-15H,3-12H2,1-2H3. The second-order valence-electron chi connectivity index (χ2n) is 4.84. The zero-order valence-electron chi connectivity index (χ0n) is 12.4. The lowest BCUT2D eigenvalue weighted by atomic mass is 10.2. The average molecular weight is 275 g/mol. The van der Waals surface area contributed by atoms with Gasteiger partial charge in [0.2, 0.25) is 0 Å². The molecule has 0 aliphatic carbocycles. The largest absolute Gasteiger partial charge is 0.382 e. The van der Waals surface area contributed by atoms with Crippen molar-refractivity contribution >= 4 is 0 Å². The van der Waals surface area contributed by atoms with Crippen molar-refractivity contribution in [3.8, 4) is 0 Å². The van der Waals surface area contributed by atoms with E-state index >= 15 is 0 Å². The van der Waals surface area contributed by atoms with Crippen molar-refractivity contribution in [2.24, 2.45) is 0 Å². The zero-order valence-corrected chi connectivity index (χ0v) is 12.4. The SMILES string of the molecule is CCCNCC1CCC(COCCOCCOC)O1. The van der Waals surface area contributed by atoms with Gasteiger partial charge in [-0.1, -0.05) is 6.92 Å². The molecule has 0 amide bonds. The van der Waals surface area contributed by atoms with Crippen LogP contribution in [0.2, 0.25) is 0 Å². The van der Waals surface area contributed by atoms with Gasteiger partial charge in [-0.15, -0.1) is 0 Å². The topological polar surface area (TPSA) is 49.0 Å². The highest BCUT2D eigenvalue weighted by atomic mass is 16.6. The van der Waals surface area contributed by atoms with Crippen LogP contribution in [0.3, 0.4) is 0 Å². The van der Waals surface area contributed by atoms with Gasteiger partial charge in [0, 0.05) is 13.7 Å². The lowest BCUT2D eigenvalue weighted by molar-refractivity contribution is -0.0318. The molecule has 1 N–H and O–H groups in total. The summed E-state index contributed by atoms with van der Waals surface area (Å²) in [5.74, 6) is 0. The maximum absolute atomic E-state index is 5.90. The third kappa shape index (κ3) is 8.55. The van der Waals surface area contributed by atoms with Crippen molar-refractivity contribution in [2.75, 3.05) is 53.2 Å². The highest BCUT2D eigenvalue weighted by Gasteiger charge is 2.24. The maximum Gasteiger partial charge on any atom is 0.0813 e. The summed E-state index contributed by atoms with van der Waals surface area (Å²) in [6, 6.07) is 0. The second-order valence-corrected chi connectivity index (χ2v) is 4.84. The fourth-order valence-electron chi connectivity index (χ4n) is 2.07. The van der Waals surface area contributed by atoms with Gasteiger partial charge in [-0.2, -0.15) is 0 Å². The minimum absolute atomic E-state index is 0.257. The summed E-state index contributed by atoms with van der Waals surface area (Å²) >= 11 is 0. The fraction of sp³-hybridized carbons (Fsp3) is 1.00.